The molecule has 1 unspecified atom stereocenters. The van der Waals surface area contributed by atoms with E-state index in [1.165, 1.54) is 11.3 Å². The maximum atomic E-state index is 12.2. The third-order valence-corrected chi connectivity index (χ3v) is 4.50. The van der Waals surface area contributed by atoms with Gasteiger partial charge in [-0.3, -0.25) is 14.4 Å². The molecule has 2 aliphatic heterocycles. The second-order valence-electron chi connectivity index (χ2n) is 6.94. The van der Waals surface area contributed by atoms with E-state index in [-0.39, 0.29) is 17.4 Å². The Kier molecular flexibility index (Phi) is 3.32. The summed E-state index contributed by atoms with van der Waals surface area (Å²) in [6, 6.07) is 0.0224. The summed E-state index contributed by atoms with van der Waals surface area (Å²) in [7, 11) is 2.01. The Morgan fingerprint density at radius 1 is 1.45 bits per heavy atom. The lowest BCUT2D eigenvalue weighted by molar-refractivity contribution is -0.129. The van der Waals surface area contributed by atoms with Crippen molar-refractivity contribution in [2.75, 3.05) is 13.1 Å². The first kappa shape index (κ1) is 13.6. The van der Waals surface area contributed by atoms with Crippen LogP contribution < -0.4 is 5.32 Å². The van der Waals surface area contributed by atoms with Crippen molar-refractivity contribution >= 4 is 5.91 Å². The van der Waals surface area contributed by atoms with Gasteiger partial charge < -0.3 is 5.32 Å². The Morgan fingerprint density at radius 2 is 2.25 bits per heavy atom. The second-order valence-corrected chi connectivity index (χ2v) is 6.94. The molecule has 5 nitrogen and oxygen atoms in total. The molecule has 5 heteroatoms. The fourth-order valence-electron chi connectivity index (χ4n) is 3.53. The molecule has 2 aliphatic rings. The molecule has 1 aromatic rings. The first-order valence-corrected chi connectivity index (χ1v) is 7.48. The Labute approximate surface area is 120 Å². The van der Waals surface area contributed by atoms with Crippen molar-refractivity contribution in [3.8, 4) is 0 Å². The third-order valence-electron chi connectivity index (χ3n) is 4.50. The van der Waals surface area contributed by atoms with E-state index < -0.39 is 0 Å². The molecule has 0 bridgehead atoms. The largest absolute Gasteiger partial charge is 0.355 e. The molecule has 1 amide bonds. The molecule has 0 spiro atoms. The number of carbonyl (C=O) groups is 1. The number of aryl methyl sites for hydroxylation is 1. The van der Waals surface area contributed by atoms with Crippen LogP contribution in [0.1, 0.15) is 37.9 Å². The van der Waals surface area contributed by atoms with Crippen LogP contribution in [0.4, 0.5) is 0 Å². The van der Waals surface area contributed by atoms with Crippen LogP contribution in [0.2, 0.25) is 0 Å². The lowest BCUT2D eigenvalue weighted by Crippen LogP contribution is -2.51. The normalized spacial score (nSPS) is 26.8. The Balaban J connectivity index is 1.90. The summed E-state index contributed by atoms with van der Waals surface area (Å²) in [6.45, 7) is 7.18. The molecular weight excluding hydrogens is 252 g/mol. The standard InChI is InChI=1S/C15H24N4O/c1-15(2)7-13-11(8-17-18(13)3)9-19(10-15)12-5-4-6-16-14(12)20/h8,12H,4-7,9-10H2,1-3H3,(H,16,20). The zero-order valence-electron chi connectivity index (χ0n) is 12.6. The Bertz CT molecular complexity index is 520. The summed E-state index contributed by atoms with van der Waals surface area (Å²) in [6.07, 6.45) is 5.03. The van der Waals surface area contributed by atoms with E-state index in [0.29, 0.717) is 0 Å². The molecule has 20 heavy (non-hydrogen) atoms. The molecule has 0 saturated carbocycles. The monoisotopic (exact) mass is 276 g/mol. The van der Waals surface area contributed by atoms with E-state index in [4.69, 9.17) is 0 Å². The van der Waals surface area contributed by atoms with Crippen LogP contribution in [0.15, 0.2) is 6.20 Å². The van der Waals surface area contributed by atoms with Gasteiger partial charge in [0.1, 0.15) is 0 Å². The Hall–Kier alpha value is -1.36. The smallest absolute Gasteiger partial charge is 0.237 e. The SMILES string of the molecule is Cn1ncc2c1CC(C)(C)CN(C1CCCNC1=O)C2. The molecular formula is C15H24N4O. The minimum absolute atomic E-state index is 0.0224. The van der Waals surface area contributed by atoms with Crippen molar-refractivity contribution in [2.24, 2.45) is 12.5 Å². The van der Waals surface area contributed by atoms with Gasteiger partial charge in [0.05, 0.1) is 12.2 Å². The highest BCUT2D eigenvalue weighted by atomic mass is 16.2. The molecule has 1 aromatic heterocycles. The van der Waals surface area contributed by atoms with Gasteiger partial charge in [0, 0.05) is 37.9 Å². The number of nitrogens with zero attached hydrogens (tertiary/aromatic N) is 3. The van der Waals surface area contributed by atoms with Crippen molar-refractivity contribution < 1.29 is 4.79 Å². The summed E-state index contributed by atoms with van der Waals surface area (Å²) in [4.78, 5) is 14.5. The number of aromatic nitrogens is 2. The minimum atomic E-state index is 0.0224. The number of hydrogen-bond acceptors (Lipinski definition) is 3. The van der Waals surface area contributed by atoms with E-state index in [1.807, 2.05) is 17.9 Å². The third kappa shape index (κ3) is 2.46. The number of rotatable bonds is 1. The van der Waals surface area contributed by atoms with Crippen molar-refractivity contribution in [3.63, 3.8) is 0 Å². The van der Waals surface area contributed by atoms with Crippen LogP contribution in [0, 0.1) is 5.41 Å². The minimum Gasteiger partial charge on any atom is -0.355 e. The highest BCUT2D eigenvalue weighted by molar-refractivity contribution is 5.82. The van der Waals surface area contributed by atoms with Gasteiger partial charge in [0.25, 0.3) is 0 Å². The fourth-order valence-corrected chi connectivity index (χ4v) is 3.53. The average Bonchev–Trinajstić information content (AvgIpc) is 2.64. The van der Waals surface area contributed by atoms with Crippen LogP contribution >= 0.6 is 0 Å². The molecule has 1 atom stereocenters. The van der Waals surface area contributed by atoms with E-state index in [1.54, 1.807) is 0 Å². The average molecular weight is 276 g/mol. The molecule has 0 aromatic carbocycles. The van der Waals surface area contributed by atoms with Gasteiger partial charge in [0.15, 0.2) is 0 Å². The number of nitrogens with one attached hydrogen (secondary N) is 1. The predicted octanol–water partition coefficient (Wildman–Crippen LogP) is 1.08. The van der Waals surface area contributed by atoms with Crippen LogP contribution in [0.3, 0.4) is 0 Å². The Morgan fingerprint density at radius 3 is 3.00 bits per heavy atom. The van der Waals surface area contributed by atoms with E-state index >= 15 is 0 Å². The quantitative estimate of drug-likeness (QED) is 0.835. The summed E-state index contributed by atoms with van der Waals surface area (Å²) < 4.78 is 1.99. The van der Waals surface area contributed by atoms with Gasteiger partial charge in [-0.1, -0.05) is 13.8 Å². The highest BCUT2D eigenvalue weighted by Gasteiger charge is 2.36. The zero-order valence-corrected chi connectivity index (χ0v) is 12.6. The second kappa shape index (κ2) is 4.88. The number of fused-ring (bicyclic) bond motifs is 1. The van der Waals surface area contributed by atoms with Crippen molar-refractivity contribution in [2.45, 2.75) is 45.7 Å². The summed E-state index contributed by atoms with van der Waals surface area (Å²) in [5.41, 5.74) is 2.75. The van der Waals surface area contributed by atoms with Gasteiger partial charge in [-0.05, 0) is 24.7 Å². The summed E-state index contributed by atoms with van der Waals surface area (Å²) in [5, 5.41) is 7.40. The van der Waals surface area contributed by atoms with Crippen molar-refractivity contribution in [1.82, 2.24) is 20.0 Å². The van der Waals surface area contributed by atoms with Crippen molar-refractivity contribution in [1.29, 1.82) is 0 Å². The number of carbonyl (C=O) groups excluding carboxylic acids is 1. The van der Waals surface area contributed by atoms with E-state index in [0.717, 1.165) is 38.9 Å². The fraction of sp³-hybridized carbons (Fsp3) is 0.733. The van der Waals surface area contributed by atoms with Gasteiger partial charge in [-0.25, -0.2) is 0 Å². The van der Waals surface area contributed by atoms with Gasteiger partial charge >= 0.3 is 0 Å². The van der Waals surface area contributed by atoms with E-state index in [9.17, 15) is 4.79 Å². The molecule has 0 aliphatic carbocycles. The molecule has 1 N–H and O–H groups in total. The zero-order chi connectivity index (χ0) is 14.3. The highest BCUT2D eigenvalue weighted by Crippen LogP contribution is 2.31. The first-order chi connectivity index (χ1) is 9.46. The van der Waals surface area contributed by atoms with Gasteiger partial charge in [0.2, 0.25) is 5.91 Å². The number of piperidine rings is 1. The first-order valence-electron chi connectivity index (χ1n) is 7.48. The van der Waals surface area contributed by atoms with Gasteiger partial charge in [-0.2, -0.15) is 5.10 Å². The predicted molar refractivity (Wildman–Crippen MR) is 77.1 cm³/mol. The molecule has 0 radical (unpaired) electrons. The lowest BCUT2D eigenvalue weighted by atomic mass is 9.87. The van der Waals surface area contributed by atoms with Crippen molar-refractivity contribution in [3.05, 3.63) is 17.5 Å². The molecule has 1 fully saturated rings. The summed E-state index contributed by atoms with van der Waals surface area (Å²) >= 11 is 0. The molecule has 110 valence electrons. The maximum Gasteiger partial charge on any atom is 0.237 e. The molecule has 3 rings (SSSR count). The number of amides is 1. The number of hydrogen-bond donors (Lipinski definition) is 1. The van der Waals surface area contributed by atoms with Gasteiger partial charge in [-0.15, -0.1) is 0 Å². The van der Waals surface area contributed by atoms with E-state index in [2.05, 4.69) is 29.2 Å². The van der Waals surface area contributed by atoms with Crippen LogP contribution in [0.25, 0.3) is 0 Å². The lowest BCUT2D eigenvalue weighted by Gasteiger charge is -2.36. The van der Waals surface area contributed by atoms with Crippen LogP contribution in [-0.2, 0) is 24.8 Å². The maximum absolute atomic E-state index is 12.2. The topological polar surface area (TPSA) is 50.2 Å². The molecule has 1 saturated heterocycles. The molecule has 3 heterocycles. The summed E-state index contributed by atoms with van der Waals surface area (Å²) in [5.74, 6) is 0.194. The van der Waals surface area contributed by atoms with Crippen LogP contribution in [-0.4, -0.2) is 39.7 Å². The van der Waals surface area contributed by atoms with Crippen LogP contribution in [0.5, 0.6) is 0 Å².